The zero-order valence-corrected chi connectivity index (χ0v) is 20.3. The fourth-order valence-electron chi connectivity index (χ4n) is 3.78. The number of aliphatic carboxylic acids is 1. The number of ether oxygens (including phenoxy) is 1. The summed E-state index contributed by atoms with van der Waals surface area (Å²) in [6.45, 7) is 4.33. The number of carbonyl (C=O) groups is 2. The molecule has 3 aromatic carbocycles. The Bertz CT molecular complexity index is 1380. The Morgan fingerprint density at radius 1 is 1.06 bits per heavy atom. The van der Waals surface area contributed by atoms with Crippen molar-refractivity contribution in [2.75, 3.05) is 0 Å². The van der Waals surface area contributed by atoms with Crippen LogP contribution in [0.25, 0.3) is 17.0 Å². The van der Waals surface area contributed by atoms with Crippen LogP contribution in [0.4, 0.5) is 0 Å². The predicted octanol–water partition coefficient (Wildman–Crippen LogP) is 6.54. The first-order valence-electron chi connectivity index (χ1n) is 11.3. The van der Waals surface area contributed by atoms with Crippen molar-refractivity contribution in [3.8, 4) is 0 Å². The molecule has 0 bridgehead atoms. The van der Waals surface area contributed by atoms with Crippen LogP contribution in [0.15, 0.2) is 79.0 Å². The molecule has 0 saturated carbocycles. The first kappa shape index (κ1) is 24.5. The number of allylic oxidation sites excluding steroid dienone is 1. The number of rotatable bonds is 9. The number of benzene rings is 3. The van der Waals surface area contributed by atoms with E-state index in [1.807, 2.05) is 96.6 Å². The van der Waals surface area contributed by atoms with E-state index in [2.05, 4.69) is 0 Å². The van der Waals surface area contributed by atoms with E-state index < -0.39 is 12.1 Å². The van der Waals surface area contributed by atoms with Crippen molar-refractivity contribution in [2.45, 2.75) is 33.1 Å². The van der Waals surface area contributed by atoms with E-state index >= 15 is 0 Å². The normalized spacial score (nSPS) is 12.3. The van der Waals surface area contributed by atoms with Crippen LogP contribution in [0.2, 0.25) is 5.02 Å². The third kappa shape index (κ3) is 5.88. The van der Waals surface area contributed by atoms with E-state index in [-0.39, 0.29) is 12.4 Å². The zero-order valence-electron chi connectivity index (χ0n) is 19.6. The van der Waals surface area contributed by atoms with Gasteiger partial charge in [-0.15, -0.1) is 0 Å². The van der Waals surface area contributed by atoms with Gasteiger partial charge in [0.2, 0.25) is 0 Å². The van der Waals surface area contributed by atoms with Gasteiger partial charge in [-0.05, 0) is 43.2 Å². The molecule has 4 rings (SSSR count). The highest BCUT2D eigenvalue weighted by Gasteiger charge is 2.17. The van der Waals surface area contributed by atoms with Crippen molar-refractivity contribution in [3.05, 3.63) is 112 Å². The van der Waals surface area contributed by atoms with Crippen LogP contribution in [-0.2, 0) is 22.7 Å². The molecule has 0 fully saturated rings. The van der Waals surface area contributed by atoms with Crippen LogP contribution in [0.5, 0.6) is 0 Å². The summed E-state index contributed by atoms with van der Waals surface area (Å²) < 4.78 is 7.36. The van der Waals surface area contributed by atoms with Gasteiger partial charge in [-0.2, -0.15) is 0 Å². The molecular weight excluding hydrogens is 462 g/mol. The SMILES string of the molecule is Cc1ccc(C(=O)c2cn(C/C=C/c3ccc(CO[C@H](C)C(=O)O)cc3)c3ccc(Cl)cc23)cc1. The highest BCUT2D eigenvalue weighted by atomic mass is 35.5. The number of hydrogen-bond donors (Lipinski definition) is 1. The van der Waals surface area contributed by atoms with Crippen LogP contribution in [0.3, 0.4) is 0 Å². The molecule has 1 N–H and O–H groups in total. The van der Waals surface area contributed by atoms with Crippen LogP contribution >= 0.6 is 11.6 Å². The number of aromatic nitrogens is 1. The summed E-state index contributed by atoms with van der Waals surface area (Å²) in [5, 5.41) is 10.3. The summed E-state index contributed by atoms with van der Waals surface area (Å²) in [5.41, 5.74) is 5.23. The minimum Gasteiger partial charge on any atom is -0.479 e. The first-order chi connectivity index (χ1) is 16.8. The fourth-order valence-corrected chi connectivity index (χ4v) is 3.95. The van der Waals surface area contributed by atoms with E-state index in [9.17, 15) is 9.59 Å². The van der Waals surface area contributed by atoms with Gasteiger partial charge >= 0.3 is 5.97 Å². The number of aryl methyl sites for hydroxylation is 1. The maximum absolute atomic E-state index is 13.2. The van der Waals surface area contributed by atoms with Gasteiger partial charge in [0.05, 0.1) is 6.61 Å². The second-order valence-corrected chi connectivity index (χ2v) is 8.92. The molecule has 4 aromatic rings. The van der Waals surface area contributed by atoms with Crippen molar-refractivity contribution < 1.29 is 19.4 Å². The van der Waals surface area contributed by atoms with Crippen LogP contribution in [-0.4, -0.2) is 27.5 Å². The number of hydrogen-bond acceptors (Lipinski definition) is 3. The minimum absolute atomic E-state index is 0.0324. The third-order valence-electron chi connectivity index (χ3n) is 5.84. The Hall–Kier alpha value is -3.67. The largest absolute Gasteiger partial charge is 0.479 e. The lowest BCUT2D eigenvalue weighted by molar-refractivity contribution is -0.149. The lowest BCUT2D eigenvalue weighted by atomic mass is 10.0. The lowest BCUT2D eigenvalue weighted by Crippen LogP contribution is -2.19. The second kappa shape index (κ2) is 10.7. The van der Waals surface area contributed by atoms with Gasteiger partial charge in [-0.3, -0.25) is 4.79 Å². The number of carbonyl (C=O) groups excluding carboxylic acids is 1. The van der Waals surface area contributed by atoms with Crippen molar-refractivity contribution in [1.29, 1.82) is 0 Å². The Labute approximate surface area is 209 Å². The lowest BCUT2D eigenvalue weighted by Gasteiger charge is -2.08. The number of carboxylic acids is 1. The summed E-state index contributed by atoms with van der Waals surface area (Å²) in [6, 6.07) is 20.9. The topological polar surface area (TPSA) is 68.5 Å². The monoisotopic (exact) mass is 487 g/mol. The molecular formula is C29H26ClNO4. The molecule has 1 aromatic heterocycles. The van der Waals surface area contributed by atoms with Crippen molar-refractivity contribution in [3.63, 3.8) is 0 Å². The summed E-state index contributed by atoms with van der Waals surface area (Å²) in [7, 11) is 0. The Balaban J connectivity index is 1.51. The Morgan fingerprint density at radius 2 is 1.77 bits per heavy atom. The maximum Gasteiger partial charge on any atom is 0.332 e. The smallest absolute Gasteiger partial charge is 0.332 e. The maximum atomic E-state index is 13.2. The van der Waals surface area contributed by atoms with Crippen LogP contribution in [0, 0.1) is 6.92 Å². The number of nitrogens with zero attached hydrogens (tertiary/aromatic N) is 1. The van der Waals surface area contributed by atoms with Gasteiger partial charge in [0.25, 0.3) is 0 Å². The molecule has 0 unspecified atom stereocenters. The van der Waals surface area contributed by atoms with E-state index in [0.717, 1.165) is 27.6 Å². The highest BCUT2D eigenvalue weighted by molar-refractivity contribution is 6.31. The van der Waals surface area contributed by atoms with Crippen molar-refractivity contribution in [1.82, 2.24) is 4.57 Å². The van der Waals surface area contributed by atoms with E-state index in [1.165, 1.54) is 6.92 Å². The Kier molecular flexibility index (Phi) is 7.49. The molecule has 0 aliphatic heterocycles. The number of ketones is 1. The molecule has 6 heteroatoms. The molecule has 0 radical (unpaired) electrons. The number of carboxylic acid groups (broad SMARTS) is 1. The highest BCUT2D eigenvalue weighted by Crippen LogP contribution is 2.27. The van der Waals surface area contributed by atoms with Gasteiger partial charge in [0.15, 0.2) is 11.9 Å². The van der Waals surface area contributed by atoms with Crippen LogP contribution < -0.4 is 0 Å². The second-order valence-electron chi connectivity index (χ2n) is 8.49. The molecule has 0 amide bonds. The molecule has 178 valence electrons. The Morgan fingerprint density at radius 3 is 2.46 bits per heavy atom. The molecule has 0 spiro atoms. The first-order valence-corrected chi connectivity index (χ1v) is 11.7. The summed E-state index contributed by atoms with van der Waals surface area (Å²) in [5.74, 6) is -1.01. The number of fused-ring (bicyclic) bond motifs is 1. The van der Waals surface area contributed by atoms with Gasteiger partial charge < -0.3 is 14.4 Å². The number of halogens is 1. The van der Waals surface area contributed by atoms with Gasteiger partial charge in [0, 0.05) is 39.8 Å². The molecule has 1 atom stereocenters. The molecule has 0 aliphatic rings. The molecule has 0 aliphatic carbocycles. The van der Waals surface area contributed by atoms with E-state index in [4.69, 9.17) is 21.4 Å². The predicted molar refractivity (Wildman–Crippen MR) is 139 cm³/mol. The average molecular weight is 488 g/mol. The van der Waals surface area contributed by atoms with E-state index in [0.29, 0.717) is 22.7 Å². The molecule has 1 heterocycles. The third-order valence-corrected chi connectivity index (χ3v) is 6.08. The summed E-state index contributed by atoms with van der Waals surface area (Å²) >= 11 is 6.25. The van der Waals surface area contributed by atoms with Gasteiger partial charge in [-0.25, -0.2) is 4.79 Å². The quantitative estimate of drug-likeness (QED) is 0.272. The van der Waals surface area contributed by atoms with Gasteiger partial charge in [-0.1, -0.05) is 77.8 Å². The van der Waals surface area contributed by atoms with Gasteiger partial charge in [0.1, 0.15) is 0 Å². The molecule has 5 nitrogen and oxygen atoms in total. The zero-order chi connectivity index (χ0) is 24.9. The standard InChI is InChI=1S/C29H26ClNO4/c1-19-5-11-23(12-6-19)28(32)26-17-31(27-14-13-24(30)16-25(26)27)15-3-4-21-7-9-22(10-8-21)18-35-20(2)29(33)34/h3-14,16-17,20H,15,18H2,1-2H3,(H,33,34)/b4-3+/t20-/m1/s1. The van der Waals surface area contributed by atoms with Crippen LogP contribution in [0.1, 0.15) is 39.5 Å². The minimum atomic E-state index is -0.979. The van der Waals surface area contributed by atoms with E-state index in [1.54, 1.807) is 0 Å². The molecule has 0 saturated heterocycles. The summed E-state index contributed by atoms with van der Waals surface area (Å²) in [4.78, 5) is 24.1. The summed E-state index contributed by atoms with van der Waals surface area (Å²) in [6.07, 6.45) is 5.08. The fraction of sp³-hybridized carbons (Fsp3) is 0.172. The average Bonchev–Trinajstić information content (AvgIpc) is 3.20. The van der Waals surface area contributed by atoms with Crippen molar-refractivity contribution in [2.24, 2.45) is 0 Å². The molecule has 35 heavy (non-hydrogen) atoms. The van der Waals surface area contributed by atoms with Crippen molar-refractivity contribution >= 4 is 40.3 Å².